The Bertz CT molecular complexity index is 487. The second kappa shape index (κ2) is 6.19. The van der Waals surface area contributed by atoms with Crippen molar-refractivity contribution in [1.29, 1.82) is 0 Å². The van der Waals surface area contributed by atoms with Crippen LogP contribution in [0.5, 0.6) is 0 Å². The van der Waals surface area contributed by atoms with Gasteiger partial charge in [0.1, 0.15) is 11.9 Å². The van der Waals surface area contributed by atoms with Crippen LogP contribution in [0.15, 0.2) is 18.2 Å². The van der Waals surface area contributed by atoms with E-state index in [9.17, 15) is 32.6 Å². The molecule has 2 unspecified atom stereocenters. The van der Waals surface area contributed by atoms with Crippen molar-refractivity contribution in [1.82, 2.24) is 0 Å². The number of aliphatic hydroxyl groups excluding tert-OH is 2. The molecule has 0 saturated carbocycles. The van der Waals surface area contributed by atoms with Gasteiger partial charge in [-0.15, -0.1) is 0 Å². The van der Waals surface area contributed by atoms with E-state index in [1.165, 1.54) is 0 Å². The molecule has 2 N–H and O–H groups in total. The second-order valence-electron chi connectivity index (χ2n) is 4.03. The minimum atomic E-state index is -4.71. The predicted octanol–water partition coefficient (Wildman–Crippen LogP) is 1.80. The van der Waals surface area contributed by atoms with E-state index in [0.717, 1.165) is 7.11 Å². The van der Waals surface area contributed by atoms with Crippen LogP contribution in [-0.4, -0.2) is 29.4 Å². The van der Waals surface area contributed by atoms with Gasteiger partial charge in [0.05, 0.1) is 25.2 Å². The average Bonchev–Trinajstić information content (AvgIpc) is 2.36. The second-order valence-corrected chi connectivity index (χ2v) is 4.03. The molecule has 0 saturated heterocycles. The van der Waals surface area contributed by atoms with Gasteiger partial charge in [0.2, 0.25) is 0 Å². The number of ether oxygens (including phenoxy) is 1. The van der Waals surface area contributed by atoms with Gasteiger partial charge in [0.25, 0.3) is 0 Å². The number of hydrogen-bond donors (Lipinski definition) is 2. The Balaban J connectivity index is 3.03. The summed E-state index contributed by atoms with van der Waals surface area (Å²) in [4.78, 5) is 10.9. The number of alkyl halides is 3. The van der Waals surface area contributed by atoms with Crippen LogP contribution in [0.2, 0.25) is 0 Å². The summed E-state index contributed by atoms with van der Waals surface area (Å²) in [7, 11) is 1.03. The molecule has 0 aromatic heterocycles. The van der Waals surface area contributed by atoms with Gasteiger partial charge in [0, 0.05) is 5.56 Å². The third kappa shape index (κ3) is 3.91. The third-order valence-corrected chi connectivity index (χ3v) is 2.61. The molecule has 4 nitrogen and oxygen atoms in total. The van der Waals surface area contributed by atoms with E-state index in [1.807, 2.05) is 0 Å². The van der Waals surface area contributed by atoms with Crippen molar-refractivity contribution in [3.05, 3.63) is 35.1 Å². The first-order valence-corrected chi connectivity index (χ1v) is 5.46. The van der Waals surface area contributed by atoms with Gasteiger partial charge in [-0.3, -0.25) is 4.79 Å². The van der Waals surface area contributed by atoms with Crippen LogP contribution >= 0.6 is 0 Å². The highest BCUT2D eigenvalue weighted by molar-refractivity contribution is 5.69. The van der Waals surface area contributed by atoms with Crippen LogP contribution in [0.3, 0.4) is 0 Å². The molecule has 20 heavy (non-hydrogen) atoms. The van der Waals surface area contributed by atoms with Gasteiger partial charge >= 0.3 is 12.1 Å². The molecule has 112 valence electrons. The van der Waals surface area contributed by atoms with E-state index < -0.39 is 47.7 Å². The summed E-state index contributed by atoms with van der Waals surface area (Å²) >= 11 is 0. The summed E-state index contributed by atoms with van der Waals surface area (Å²) in [5, 5.41) is 19.1. The molecular weight excluding hydrogens is 284 g/mol. The Morgan fingerprint density at radius 1 is 1.35 bits per heavy atom. The van der Waals surface area contributed by atoms with E-state index in [2.05, 4.69) is 4.74 Å². The smallest absolute Gasteiger partial charge is 0.416 e. The van der Waals surface area contributed by atoms with Gasteiger partial charge in [-0.1, -0.05) is 0 Å². The van der Waals surface area contributed by atoms with Gasteiger partial charge in [-0.25, -0.2) is 4.39 Å². The summed E-state index contributed by atoms with van der Waals surface area (Å²) < 4.78 is 55.1. The standard InChI is InChI=1S/C12H12F4O4/c1-20-10(18)5-9(17)11(19)7-4-6(12(14,15)16)2-3-8(7)13/h2-4,9,11,17,19H,5H2,1H3. The zero-order valence-corrected chi connectivity index (χ0v) is 10.3. The molecule has 0 aliphatic carbocycles. The number of halogens is 4. The monoisotopic (exact) mass is 296 g/mol. The number of aliphatic hydroxyl groups is 2. The summed E-state index contributed by atoms with van der Waals surface area (Å²) in [6.07, 6.45) is -9.14. The van der Waals surface area contributed by atoms with Crippen molar-refractivity contribution in [2.75, 3.05) is 7.11 Å². The Labute approximate surface area is 111 Å². The number of methoxy groups -OCH3 is 1. The fraction of sp³-hybridized carbons (Fsp3) is 0.417. The largest absolute Gasteiger partial charge is 0.469 e. The quantitative estimate of drug-likeness (QED) is 0.657. The Morgan fingerprint density at radius 3 is 2.45 bits per heavy atom. The van der Waals surface area contributed by atoms with Crippen LogP contribution in [0.4, 0.5) is 17.6 Å². The van der Waals surface area contributed by atoms with Gasteiger partial charge < -0.3 is 14.9 Å². The third-order valence-electron chi connectivity index (χ3n) is 2.61. The molecule has 0 spiro atoms. The summed E-state index contributed by atoms with van der Waals surface area (Å²) in [6, 6.07) is 1.44. The first kappa shape index (κ1) is 16.4. The van der Waals surface area contributed by atoms with E-state index in [-0.39, 0.29) is 0 Å². The Hall–Kier alpha value is -1.67. The number of carbonyl (C=O) groups is 1. The highest BCUT2D eigenvalue weighted by Crippen LogP contribution is 2.32. The lowest BCUT2D eigenvalue weighted by Crippen LogP contribution is -2.23. The number of hydrogen-bond acceptors (Lipinski definition) is 4. The molecule has 1 rings (SSSR count). The van der Waals surface area contributed by atoms with Crippen molar-refractivity contribution in [2.24, 2.45) is 0 Å². The van der Waals surface area contributed by atoms with Crippen molar-refractivity contribution >= 4 is 5.97 Å². The summed E-state index contributed by atoms with van der Waals surface area (Å²) in [6.45, 7) is 0. The highest BCUT2D eigenvalue weighted by atomic mass is 19.4. The normalized spacial score (nSPS) is 14.8. The molecule has 2 atom stereocenters. The van der Waals surface area contributed by atoms with E-state index >= 15 is 0 Å². The van der Waals surface area contributed by atoms with Crippen molar-refractivity contribution < 1.29 is 37.3 Å². The van der Waals surface area contributed by atoms with E-state index in [1.54, 1.807) is 0 Å². The first-order valence-electron chi connectivity index (χ1n) is 5.46. The van der Waals surface area contributed by atoms with Crippen LogP contribution < -0.4 is 0 Å². The predicted molar refractivity (Wildman–Crippen MR) is 59.0 cm³/mol. The highest BCUT2D eigenvalue weighted by Gasteiger charge is 2.33. The van der Waals surface area contributed by atoms with Crippen LogP contribution in [0.1, 0.15) is 23.7 Å². The maximum Gasteiger partial charge on any atom is 0.416 e. The molecule has 0 fully saturated rings. The number of rotatable bonds is 4. The molecule has 0 heterocycles. The Kier molecular flexibility index (Phi) is 5.07. The van der Waals surface area contributed by atoms with E-state index in [4.69, 9.17) is 0 Å². The molecule has 0 bridgehead atoms. The molecule has 0 radical (unpaired) electrons. The van der Waals surface area contributed by atoms with Crippen molar-refractivity contribution in [2.45, 2.75) is 24.8 Å². The minimum absolute atomic E-state index is 0.389. The summed E-state index contributed by atoms with van der Waals surface area (Å²) in [5.74, 6) is -2.00. The zero-order chi connectivity index (χ0) is 15.5. The van der Waals surface area contributed by atoms with Gasteiger partial charge in [0.15, 0.2) is 0 Å². The van der Waals surface area contributed by atoms with Crippen LogP contribution in [0.25, 0.3) is 0 Å². The number of benzene rings is 1. The molecule has 0 aliphatic heterocycles. The summed E-state index contributed by atoms with van der Waals surface area (Å²) in [5.41, 5.74) is -1.91. The molecule has 1 aromatic rings. The zero-order valence-electron chi connectivity index (χ0n) is 10.3. The maximum absolute atomic E-state index is 13.4. The molecule has 0 aliphatic rings. The lowest BCUT2D eigenvalue weighted by atomic mass is 9.99. The fourth-order valence-electron chi connectivity index (χ4n) is 1.52. The number of esters is 1. The van der Waals surface area contributed by atoms with Gasteiger partial charge in [-0.05, 0) is 18.2 Å². The fourth-order valence-corrected chi connectivity index (χ4v) is 1.52. The van der Waals surface area contributed by atoms with Crippen molar-refractivity contribution in [3.63, 3.8) is 0 Å². The molecule has 1 aromatic carbocycles. The van der Waals surface area contributed by atoms with E-state index in [0.29, 0.717) is 18.2 Å². The van der Waals surface area contributed by atoms with Gasteiger partial charge in [-0.2, -0.15) is 13.2 Å². The first-order chi connectivity index (χ1) is 9.16. The molecular formula is C12H12F4O4. The average molecular weight is 296 g/mol. The molecule has 0 amide bonds. The SMILES string of the molecule is COC(=O)CC(O)C(O)c1cc(C(F)(F)F)ccc1F. The van der Waals surface area contributed by atoms with Crippen LogP contribution in [-0.2, 0) is 15.7 Å². The van der Waals surface area contributed by atoms with Crippen molar-refractivity contribution in [3.8, 4) is 0 Å². The topological polar surface area (TPSA) is 66.8 Å². The maximum atomic E-state index is 13.4. The lowest BCUT2D eigenvalue weighted by Gasteiger charge is -2.19. The lowest BCUT2D eigenvalue weighted by molar-refractivity contribution is -0.145. The number of carbonyl (C=O) groups excluding carboxylic acids is 1. The minimum Gasteiger partial charge on any atom is -0.469 e. The molecule has 8 heteroatoms. The van der Waals surface area contributed by atoms with Crippen LogP contribution in [0, 0.1) is 5.82 Å². The Morgan fingerprint density at radius 2 is 1.95 bits per heavy atom.